The summed E-state index contributed by atoms with van der Waals surface area (Å²) in [5.41, 5.74) is 0. The van der Waals surface area contributed by atoms with Gasteiger partial charge in [0.05, 0.1) is 21.7 Å². The fourth-order valence-electron chi connectivity index (χ4n) is 1.81. The third kappa shape index (κ3) is 10.1. The quantitative estimate of drug-likeness (QED) is 0.313. The van der Waals surface area contributed by atoms with Crippen LogP contribution in [0.3, 0.4) is 0 Å². The molecule has 0 rings (SSSR count). The summed E-state index contributed by atoms with van der Waals surface area (Å²) in [6.45, 7) is 12.7. The van der Waals surface area contributed by atoms with Crippen LogP contribution in [0.2, 0.25) is 6.04 Å². The van der Waals surface area contributed by atoms with E-state index in [2.05, 4.69) is 0 Å². The van der Waals surface area contributed by atoms with E-state index in [0.29, 0.717) is 19.4 Å². The zero-order chi connectivity index (χ0) is 15.6. The van der Waals surface area contributed by atoms with Crippen molar-refractivity contribution in [2.45, 2.75) is 65.7 Å². The van der Waals surface area contributed by atoms with E-state index in [1.165, 1.54) is 0 Å². The van der Waals surface area contributed by atoms with E-state index >= 15 is 0 Å². The molecule has 0 aliphatic rings. The second-order valence-corrected chi connectivity index (χ2v) is 9.17. The molecule has 0 bridgehead atoms. The molecule has 0 aromatic carbocycles. The first-order valence-corrected chi connectivity index (χ1v) is 11.1. The Kier molecular flexibility index (Phi) is 11.1. The molecule has 0 saturated heterocycles. The van der Waals surface area contributed by atoms with Crippen molar-refractivity contribution < 1.29 is 23.1 Å². The Bertz CT molecular complexity index is 266. The molecule has 0 saturated carbocycles. The monoisotopic (exact) mass is 326 g/mol. The molecule has 0 heterocycles. The van der Waals surface area contributed by atoms with Crippen molar-refractivity contribution >= 4 is 17.1 Å². The Balaban J connectivity index is 4.34. The minimum Gasteiger partial charge on any atom is -0.357 e. The second kappa shape index (κ2) is 10.9. The number of ether oxygens (including phenoxy) is 2. The lowest BCUT2D eigenvalue weighted by atomic mass is 10.5. The zero-order valence-corrected chi connectivity index (χ0v) is 16.1. The number of hydrogen-bond donors (Lipinski definition) is 0. The largest absolute Gasteiger partial charge is 0.357 e. The van der Waals surface area contributed by atoms with Crippen molar-refractivity contribution in [1.82, 2.24) is 0 Å². The summed E-state index contributed by atoms with van der Waals surface area (Å²) < 4.78 is 34.7. The van der Waals surface area contributed by atoms with Crippen LogP contribution in [0.5, 0.6) is 0 Å². The first-order chi connectivity index (χ1) is 9.33. The van der Waals surface area contributed by atoms with E-state index in [0.717, 1.165) is 6.04 Å². The maximum Gasteiger partial charge on any atom is 0.330 e. The van der Waals surface area contributed by atoms with Crippen molar-refractivity contribution in [2.75, 3.05) is 19.4 Å². The molecule has 0 radical (unpaired) electrons. The lowest BCUT2D eigenvalue weighted by Gasteiger charge is -2.23. The van der Waals surface area contributed by atoms with Gasteiger partial charge in [-0.2, -0.15) is 0 Å². The molecule has 0 amide bonds. The van der Waals surface area contributed by atoms with Gasteiger partial charge in [0, 0.05) is 19.4 Å². The fraction of sp³-hybridized carbons (Fsp3) is 1.00. The maximum atomic E-state index is 12.6. The normalized spacial score (nSPS) is 13.4. The molecule has 0 fully saturated rings. The predicted octanol–water partition coefficient (Wildman–Crippen LogP) is 2.97. The van der Waals surface area contributed by atoms with Crippen LogP contribution in [0.1, 0.15) is 41.5 Å². The Labute approximate surface area is 126 Å². The van der Waals surface area contributed by atoms with Crippen LogP contribution in [0.15, 0.2) is 0 Å². The molecule has 0 spiro atoms. The van der Waals surface area contributed by atoms with Crippen LogP contribution < -0.4 is 0 Å². The molecule has 0 atom stereocenters. The van der Waals surface area contributed by atoms with E-state index < -0.39 is 17.1 Å². The smallest absolute Gasteiger partial charge is 0.330 e. The molecular formula is C13H31O5PSi. The van der Waals surface area contributed by atoms with E-state index in [-0.39, 0.29) is 18.1 Å². The van der Waals surface area contributed by atoms with Gasteiger partial charge in [-0.15, -0.1) is 0 Å². The van der Waals surface area contributed by atoms with Gasteiger partial charge in [0.1, 0.15) is 5.91 Å². The van der Waals surface area contributed by atoms with Crippen LogP contribution in [0, 0.1) is 0 Å². The van der Waals surface area contributed by atoms with Gasteiger partial charge in [-0.25, -0.2) is 0 Å². The lowest BCUT2D eigenvalue weighted by Crippen LogP contribution is -2.25. The van der Waals surface area contributed by atoms with Gasteiger partial charge < -0.3 is 18.5 Å². The third-order valence-electron chi connectivity index (χ3n) is 2.32. The molecule has 0 unspecified atom stereocenters. The zero-order valence-electron chi connectivity index (χ0n) is 13.8. The number of rotatable bonds is 12. The van der Waals surface area contributed by atoms with Gasteiger partial charge in [-0.05, 0) is 47.6 Å². The average Bonchev–Trinajstić information content (AvgIpc) is 2.26. The lowest BCUT2D eigenvalue weighted by molar-refractivity contribution is -0.0826. The molecule has 0 aliphatic carbocycles. The van der Waals surface area contributed by atoms with Gasteiger partial charge in [0.15, 0.2) is 0 Å². The Morgan fingerprint density at radius 2 is 1.40 bits per heavy atom. The molecule has 0 aromatic heterocycles. The Morgan fingerprint density at radius 3 is 1.75 bits per heavy atom. The highest BCUT2D eigenvalue weighted by Gasteiger charge is 2.27. The van der Waals surface area contributed by atoms with Gasteiger partial charge in [-0.3, -0.25) is 4.57 Å². The van der Waals surface area contributed by atoms with Gasteiger partial charge in [0.25, 0.3) is 0 Å². The van der Waals surface area contributed by atoms with Crippen LogP contribution >= 0.6 is 7.60 Å². The van der Waals surface area contributed by atoms with E-state index in [1.807, 2.05) is 41.5 Å². The second-order valence-electron chi connectivity index (χ2n) is 5.13. The molecular weight excluding hydrogens is 295 g/mol. The van der Waals surface area contributed by atoms with Crippen LogP contribution in [-0.4, -0.2) is 47.0 Å². The molecule has 7 heteroatoms. The highest BCUT2D eigenvalue weighted by molar-refractivity contribution is 7.54. The number of hydrogen-bond acceptors (Lipinski definition) is 5. The molecule has 20 heavy (non-hydrogen) atoms. The maximum absolute atomic E-state index is 12.6. The highest BCUT2D eigenvalue weighted by atomic mass is 31.2. The van der Waals surface area contributed by atoms with E-state index in [4.69, 9.17) is 18.5 Å². The SMILES string of the molecule is CCOC(OCC)[SiH2]CCP(=O)(OC(C)C)OC(C)C. The fourth-order valence-corrected chi connectivity index (χ4v) is 6.77. The molecule has 0 aliphatic heterocycles. The van der Waals surface area contributed by atoms with Crippen molar-refractivity contribution in [3.8, 4) is 0 Å². The third-order valence-corrected chi connectivity index (χ3v) is 6.97. The average molecular weight is 326 g/mol. The summed E-state index contributed by atoms with van der Waals surface area (Å²) in [5.74, 6) is -0.100. The summed E-state index contributed by atoms with van der Waals surface area (Å²) in [6, 6.07) is 0.821. The standard InChI is InChI=1S/C13H31O5PSi/c1-7-15-13(16-8-2)20-10-9-19(14,17-11(3)4)18-12(5)6/h11-13H,7-10,20H2,1-6H3. The summed E-state index contributed by atoms with van der Waals surface area (Å²) >= 11 is 0. The minimum absolute atomic E-state index is 0.100. The van der Waals surface area contributed by atoms with Gasteiger partial charge in [-0.1, -0.05) is 0 Å². The topological polar surface area (TPSA) is 54.0 Å². The summed E-state index contributed by atoms with van der Waals surface area (Å²) in [5, 5.41) is 0. The van der Waals surface area contributed by atoms with Crippen molar-refractivity contribution in [2.24, 2.45) is 0 Å². The van der Waals surface area contributed by atoms with Crippen LogP contribution in [0.25, 0.3) is 0 Å². The Hall–Kier alpha value is 0.287. The van der Waals surface area contributed by atoms with Crippen molar-refractivity contribution in [1.29, 1.82) is 0 Å². The molecule has 5 nitrogen and oxygen atoms in total. The molecule has 0 N–H and O–H groups in total. The van der Waals surface area contributed by atoms with Gasteiger partial charge >= 0.3 is 7.60 Å². The summed E-state index contributed by atoms with van der Waals surface area (Å²) in [7, 11) is -3.62. The van der Waals surface area contributed by atoms with Crippen molar-refractivity contribution in [3.05, 3.63) is 0 Å². The van der Waals surface area contributed by atoms with Crippen LogP contribution in [-0.2, 0) is 23.1 Å². The minimum atomic E-state index is -3.00. The van der Waals surface area contributed by atoms with Crippen LogP contribution in [0.4, 0.5) is 0 Å². The summed E-state index contributed by atoms with van der Waals surface area (Å²) in [4.78, 5) is 0. The molecule has 0 aromatic rings. The van der Waals surface area contributed by atoms with Gasteiger partial charge in [0.2, 0.25) is 0 Å². The predicted molar refractivity (Wildman–Crippen MR) is 85.3 cm³/mol. The van der Waals surface area contributed by atoms with E-state index in [1.54, 1.807) is 0 Å². The van der Waals surface area contributed by atoms with E-state index in [9.17, 15) is 4.57 Å². The molecule has 122 valence electrons. The van der Waals surface area contributed by atoms with Crippen molar-refractivity contribution in [3.63, 3.8) is 0 Å². The highest BCUT2D eigenvalue weighted by Crippen LogP contribution is 2.51. The summed E-state index contributed by atoms with van der Waals surface area (Å²) in [6.07, 6.45) is 0.248. The first kappa shape index (κ1) is 20.3. The first-order valence-electron chi connectivity index (χ1n) is 7.52. The Morgan fingerprint density at radius 1 is 0.950 bits per heavy atom.